The summed E-state index contributed by atoms with van der Waals surface area (Å²) in [6.45, 7) is 2.82. The minimum Gasteiger partial charge on any atom is -0.372 e. The number of Topliss-reactive ketones (excluding diaryl/α,β-unsaturated/α-hetero) is 2. The van der Waals surface area contributed by atoms with Gasteiger partial charge in [-0.25, -0.2) is 0 Å². The highest BCUT2D eigenvalue weighted by molar-refractivity contribution is 6.17. The maximum absolute atomic E-state index is 12.4. The Morgan fingerprint density at radius 2 is 1.89 bits per heavy atom. The van der Waals surface area contributed by atoms with Crippen molar-refractivity contribution in [1.82, 2.24) is 5.32 Å². The molecule has 98 valence electrons. The normalized spacial score (nSPS) is 32.1. The van der Waals surface area contributed by atoms with Gasteiger partial charge in [0.05, 0.1) is 5.57 Å². The fourth-order valence-electron chi connectivity index (χ4n) is 3.13. The first-order valence-electron chi connectivity index (χ1n) is 5.93. The van der Waals surface area contributed by atoms with Crippen LogP contribution in [0.4, 0.5) is 0 Å². The molecule has 0 bridgehead atoms. The summed E-state index contributed by atoms with van der Waals surface area (Å²) in [6, 6.07) is 6.41. The number of allylic oxidation sites excluding steroid dienone is 1. The van der Waals surface area contributed by atoms with Crippen LogP contribution in [0.3, 0.4) is 0 Å². The molecule has 0 spiro atoms. The second-order valence-corrected chi connectivity index (χ2v) is 4.98. The van der Waals surface area contributed by atoms with E-state index in [9.17, 15) is 19.8 Å². The van der Waals surface area contributed by atoms with Gasteiger partial charge in [0, 0.05) is 16.8 Å². The van der Waals surface area contributed by atoms with Crippen molar-refractivity contribution in [3.05, 3.63) is 46.7 Å². The Morgan fingerprint density at radius 1 is 1.26 bits per heavy atom. The quantitative estimate of drug-likeness (QED) is 0.672. The first-order chi connectivity index (χ1) is 8.84. The Labute approximate surface area is 109 Å². The van der Waals surface area contributed by atoms with Gasteiger partial charge in [0.15, 0.2) is 5.78 Å². The third kappa shape index (κ3) is 1.12. The Balaban J connectivity index is 2.33. The average molecular weight is 259 g/mol. The van der Waals surface area contributed by atoms with E-state index >= 15 is 0 Å². The summed E-state index contributed by atoms with van der Waals surface area (Å²) in [5.41, 5.74) is -3.45. The lowest BCUT2D eigenvalue weighted by Crippen LogP contribution is -2.56. The molecule has 3 rings (SSSR count). The molecule has 0 saturated heterocycles. The van der Waals surface area contributed by atoms with Crippen LogP contribution in [-0.2, 0) is 10.5 Å². The second kappa shape index (κ2) is 3.31. The lowest BCUT2D eigenvalue weighted by Gasteiger charge is -2.32. The first-order valence-corrected chi connectivity index (χ1v) is 5.93. The molecule has 1 heterocycles. The molecule has 3 N–H and O–H groups in total. The van der Waals surface area contributed by atoms with E-state index < -0.39 is 22.9 Å². The van der Waals surface area contributed by atoms with Crippen LogP contribution < -0.4 is 5.32 Å². The zero-order chi connectivity index (χ0) is 14.0. The summed E-state index contributed by atoms with van der Waals surface area (Å²) in [5.74, 6) is -1.09. The summed E-state index contributed by atoms with van der Waals surface area (Å²) in [6.07, 6.45) is 0. The van der Waals surface area contributed by atoms with Gasteiger partial charge >= 0.3 is 0 Å². The second-order valence-electron chi connectivity index (χ2n) is 4.98. The summed E-state index contributed by atoms with van der Waals surface area (Å²) in [7, 11) is 0. The molecule has 0 amide bonds. The van der Waals surface area contributed by atoms with Crippen LogP contribution in [0.5, 0.6) is 0 Å². The number of nitrogens with one attached hydrogen (secondary N) is 1. The van der Waals surface area contributed by atoms with Crippen LogP contribution in [0.25, 0.3) is 0 Å². The molecule has 5 nitrogen and oxygen atoms in total. The van der Waals surface area contributed by atoms with Gasteiger partial charge in [0.2, 0.25) is 17.1 Å². The highest BCUT2D eigenvalue weighted by Crippen LogP contribution is 2.51. The van der Waals surface area contributed by atoms with Crippen LogP contribution in [0.15, 0.2) is 35.5 Å². The van der Waals surface area contributed by atoms with Crippen molar-refractivity contribution in [3.63, 3.8) is 0 Å². The molecule has 0 radical (unpaired) electrons. The number of ketones is 2. The molecular weight excluding hydrogens is 246 g/mol. The number of hydrogen-bond donors (Lipinski definition) is 3. The molecule has 0 saturated carbocycles. The number of aliphatic hydroxyl groups is 2. The standard InChI is InChI=1S/C14H13NO4/c1-7-11(8(2)16)13(18)12(17)9-5-3-4-6-10(9)14(13,19)15-7/h3-6,15,18-19H,1-2H3/t13-,14-/m0/s1. The van der Waals surface area contributed by atoms with Crippen LogP contribution >= 0.6 is 0 Å². The predicted molar refractivity (Wildman–Crippen MR) is 66.1 cm³/mol. The van der Waals surface area contributed by atoms with Gasteiger partial charge in [-0.2, -0.15) is 0 Å². The van der Waals surface area contributed by atoms with Crippen molar-refractivity contribution < 1.29 is 19.8 Å². The SMILES string of the molecule is CC(=O)C1=C(C)N[C@]2(O)c3ccccc3C(=O)[C@@]12O. The zero-order valence-corrected chi connectivity index (χ0v) is 10.5. The maximum Gasteiger partial charge on any atom is 0.210 e. The maximum atomic E-state index is 12.4. The minimum absolute atomic E-state index is 0.0730. The Bertz CT molecular complexity index is 663. The molecule has 19 heavy (non-hydrogen) atoms. The van der Waals surface area contributed by atoms with Gasteiger partial charge in [0.1, 0.15) is 0 Å². The highest BCUT2D eigenvalue weighted by Gasteiger charge is 2.69. The topological polar surface area (TPSA) is 86.6 Å². The molecule has 1 aliphatic heterocycles. The largest absolute Gasteiger partial charge is 0.372 e. The average Bonchev–Trinajstić information content (AvgIpc) is 2.65. The first kappa shape index (κ1) is 12.1. The fourth-order valence-corrected chi connectivity index (χ4v) is 3.13. The summed E-state index contributed by atoms with van der Waals surface area (Å²) in [5, 5.41) is 24.2. The molecule has 1 aliphatic carbocycles. The summed E-state index contributed by atoms with van der Waals surface area (Å²) in [4.78, 5) is 24.2. The number of carbonyl (C=O) groups excluding carboxylic acids is 2. The predicted octanol–water partition coefficient (Wildman–Crippen LogP) is 0.225. The monoisotopic (exact) mass is 259 g/mol. The zero-order valence-electron chi connectivity index (χ0n) is 10.5. The van der Waals surface area contributed by atoms with Crippen LogP contribution in [0, 0.1) is 0 Å². The molecule has 2 atom stereocenters. The Hall–Kier alpha value is -1.98. The van der Waals surface area contributed by atoms with Crippen molar-refractivity contribution in [1.29, 1.82) is 0 Å². The number of benzene rings is 1. The van der Waals surface area contributed by atoms with E-state index in [2.05, 4.69) is 5.32 Å². The van der Waals surface area contributed by atoms with Crippen molar-refractivity contribution in [3.8, 4) is 0 Å². The highest BCUT2D eigenvalue weighted by atomic mass is 16.4. The van der Waals surface area contributed by atoms with Gasteiger partial charge < -0.3 is 15.5 Å². The van der Waals surface area contributed by atoms with Crippen LogP contribution in [0.1, 0.15) is 29.8 Å². The van der Waals surface area contributed by atoms with Crippen LogP contribution in [0.2, 0.25) is 0 Å². The molecule has 0 unspecified atom stereocenters. The van der Waals surface area contributed by atoms with Gasteiger partial charge in [-0.05, 0) is 13.8 Å². The number of fused-ring (bicyclic) bond motifs is 3. The fraction of sp³-hybridized carbons (Fsp3) is 0.286. The molecule has 1 aromatic rings. The van der Waals surface area contributed by atoms with E-state index in [1.165, 1.54) is 13.0 Å². The summed E-state index contributed by atoms with van der Waals surface area (Å²) < 4.78 is 0. The van der Waals surface area contributed by atoms with E-state index in [4.69, 9.17) is 0 Å². The van der Waals surface area contributed by atoms with Gasteiger partial charge in [-0.3, -0.25) is 9.59 Å². The Morgan fingerprint density at radius 3 is 2.53 bits per heavy atom. The molecule has 2 aliphatic rings. The van der Waals surface area contributed by atoms with Crippen LogP contribution in [-0.4, -0.2) is 27.4 Å². The minimum atomic E-state index is -2.24. The molecule has 5 heteroatoms. The molecule has 0 aromatic heterocycles. The van der Waals surface area contributed by atoms with E-state index in [1.807, 2.05) is 0 Å². The van der Waals surface area contributed by atoms with E-state index in [0.717, 1.165) is 0 Å². The van der Waals surface area contributed by atoms with E-state index in [1.54, 1.807) is 25.1 Å². The third-order valence-electron chi connectivity index (χ3n) is 3.87. The number of hydrogen-bond acceptors (Lipinski definition) is 5. The van der Waals surface area contributed by atoms with Gasteiger partial charge in [0.25, 0.3) is 0 Å². The molecular formula is C14H13NO4. The lowest BCUT2D eigenvalue weighted by molar-refractivity contribution is -0.125. The van der Waals surface area contributed by atoms with Crippen molar-refractivity contribution in [2.24, 2.45) is 0 Å². The van der Waals surface area contributed by atoms with Gasteiger partial charge in [-0.15, -0.1) is 0 Å². The van der Waals surface area contributed by atoms with Gasteiger partial charge in [-0.1, -0.05) is 24.3 Å². The number of carbonyl (C=O) groups is 2. The smallest absolute Gasteiger partial charge is 0.210 e. The van der Waals surface area contributed by atoms with Crippen molar-refractivity contribution in [2.75, 3.05) is 0 Å². The third-order valence-corrected chi connectivity index (χ3v) is 3.87. The lowest BCUT2D eigenvalue weighted by atomic mass is 9.84. The van der Waals surface area contributed by atoms with Crippen molar-refractivity contribution in [2.45, 2.75) is 25.2 Å². The Kier molecular flexibility index (Phi) is 2.11. The van der Waals surface area contributed by atoms with Crippen molar-refractivity contribution >= 4 is 11.6 Å². The number of rotatable bonds is 1. The van der Waals surface area contributed by atoms with E-state index in [0.29, 0.717) is 5.70 Å². The molecule has 1 aromatic carbocycles. The summed E-state index contributed by atoms with van der Waals surface area (Å²) >= 11 is 0. The molecule has 0 fully saturated rings. The van der Waals surface area contributed by atoms with E-state index in [-0.39, 0.29) is 16.7 Å².